The molecule has 1 atom stereocenters. The minimum Gasteiger partial charge on any atom is -0.349 e. The summed E-state index contributed by atoms with van der Waals surface area (Å²) in [5, 5.41) is 7.38. The molecule has 2 rings (SSSR count). The maximum absolute atomic E-state index is 12.3. The number of amides is 1. The number of carbonyl (C=O) groups is 1. The topological polar surface area (TPSA) is 46.9 Å². The number of aromatic nitrogens is 2. The van der Waals surface area contributed by atoms with Crippen LogP contribution in [0.4, 0.5) is 0 Å². The first kappa shape index (κ1) is 15.3. The van der Waals surface area contributed by atoms with Gasteiger partial charge >= 0.3 is 0 Å². The highest BCUT2D eigenvalue weighted by Crippen LogP contribution is 2.15. The summed E-state index contributed by atoms with van der Waals surface area (Å²) in [5.74, 6) is -0.0487. The second-order valence-corrected chi connectivity index (χ2v) is 5.56. The molecule has 1 heterocycles. The molecule has 0 fully saturated rings. The maximum Gasteiger partial charge on any atom is 0.254 e. The molecule has 0 bridgehead atoms. The molecule has 0 saturated carbocycles. The molecular formula is C17H23N3O. The third-order valence-corrected chi connectivity index (χ3v) is 3.60. The molecule has 1 N–H and O–H groups in total. The van der Waals surface area contributed by atoms with Crippen molar-refractivity contribution < 1.29 is 4.79 Å². The fraction of sp³-hybridized carbons (Fsp3) is 0.412. The van der Waals surface area contributed by atoms with Crippen LogP contribution in [0.1, 0.15) is 48.3 Å². The van der Waals surface area contributed by atoms with E-state index in [1.165, 1.54) is 5.56 Å². The molecular weight excluding hydrogens is 262 g/mol. The van der Waals surface area contributed by atoms with Gasteiger partial charge in [0, 0.05) is 6.04 Å². The number of rotatable bonds is 5. The highest BCUT2D eigenvalue weighted by molar-refractivity contribution is 5.95. The van der Waals surface area contributed by atoms with Gasteiger partial charge in [0.05, 0.1) is 23.1 Å². The number of hydrogen-bond donors (Lipinski definition) is 1. The molecule has 0 saturated heterocycles. The van der Waals surface area contributed by atoms with Gasteiger partial charge in [0.2, 0.25) is 0 Å². The van der Waals surface area contributed by atoms with Crippen LogP contribution in [0, 0.1) is 13.8 Å². The van der Waals surface area contributed by atoms with Crippen LogP contribution in [0.2, 0.25) is 0 Å². The Labute approximate surface area is 126 Å². The van der Waals surface area contributed by atoms with Gasteiger partial charge in [0.15, 0.2) is 0 Å². The summed E-state index contributed by atoms with van der Waals surface area (Å²) in [4.78, 5) is 12.3. The number of nitrogens with one attached hydrogen (secondary N) is 1. The molecule has 0 aliphatic rings. The number of hydrogen-bond acceptors (Lipinski definition) is 2. The summed E-state index contributed by atoms with van der Waals surface area (Å²) < 4.78 is 1.81. The van der Waals surface area contributed by atoms with E-state index in [-0.39, 0.29) is 11.9 Å². The molecule has 2 aromatic rings. The Hall–Kier alpha value is -2.10. The van der Waals surface area contributed by atoms with Gasteiger partial charge in [-0.2, -0.15) is 5.10 Å². The zero-order chi connectivity index (χ0) is 15.4. The van der Waals surface area contributed by atoms with E-state index in [9.17, 15) is 4.79 Å². The van der Waals surface area contributed by atoms with E-state index < -0.39 is 0 Å². The lowest BCUT2D eigenvalue weighted by Crippen LogP contribution is -2.32. The molecule has 21 heavy (non-hydrogen) atoms. The lowest BCUT2D eigenvalue weighted by atomic mass is 10.1. The third kappa shape index (κ3) is 3.51. The minimum atomic E-state index is -0.0487. The third-order valence-electron chi connectivity index (χ3n) is 3.60. The van der Waals surface area contributed by atoms with Crippen molar-refractivity contribution in [1.29, 1.82) is 0 Å². The van der Waals surface area contributed by atoms with E-state index in [4.69, 9.17) is 0 Å². The Morgan fingerprint density at radius 1 is 1.38 bits per heavy atom. The van der Waals surface area contributed by atoms with E-state index in [2.05, 4.69) is 23.4 Å². The SMILES string of the molecule is CCC[C@H](C)NC(=O)c1cnn(-c2cccc(C)c2)c1C. The van der Waals surface area contributed by atoms with Crippen LogP contribution in [-0.2, 0) is 0 Å². The van der Waals surface area contributed by atoms with Gasteiger partial charge in [-0.15, -0.1) is 0 Å². The van der Waals surface area contributed by atoms with Crippen LogP contribution in [0.3, 0.4) is 0 Å². The molecule has 0 radical (unpaired) electrons. The van der Waals surface area contributed by atoms with Crippen LogP contribution >= 0.6 is 0 Å². The average Bonchev–Trinajstić information content (AvgIpc) is 2.81. The average molecular weight is 285 g/mol. The second-order valence-electron chi connectivity index (χ2n) is 5.56. The lowest BCUT2D eigenvalue weighted by molar-refractivity contribution is 0.0937. The van der Waals surface area contributed by atoms with Gasteiger partial charge in [0.25, 0.3) is 5.91 Å². The molecule has 4 nitrogen and oxygen atoms in total. The summed E-state index contributed by atoms with van der Waals surface area (Å²) in [6.07, 6.45) is 3.69. The molecule has 4 heteroatoms. The van der Waals surface area contributed by atoms with Crippen molar-refractivity contribution in [3.63, 3.8) is 0 Å². The van der Waals surface area contributed by atoms with E-state index >= 15 is 0 Å². The smallest absolute Gasteiger partial charge is 0.254 e. The summed E-state index contributed by atoms with van der Waals surface area (Å²) >= 11 is 0. The van der Waals surface area contributed by atoms with Crippen LogP contribution in [0.25, 0.3) is 5.69 Å². The summed E-state index contributed by atoms with van der Waals surface area (Å²) in [7, 11) is 0. The van der Waals surface area contributed by atoms with Gasteiger partial charge < -0.3 is 5.32 Å². The molecule has 1 aromatic carbocycles. The van der Waals surface area contributed by atoms with Gasteiger partial charge in [-0.25, -0.2) is 4.68 Å². The van der Waals surface area contributed by atoms with Gasteiger partial charge in [-0.05, 0) is 44.9 Å². The monoisotopic (exact) mass is 285 g/mol. The van der Waals surface area contributed by atoms with Crippen molar-refractivity contribution in [2.24, 2.45) is 0 Å². The van der Waals surface area contributed by atoms with Crippen LogP contribution in [0.5, 0.6) is 0 Å². The Balaban J connectivity index is 2.22. The molecule has 0 aliphatic heterocycles. The molecule has 1 amide bonds. The van der Waals surface area contributed by atoms with E-state index in [0.717, 1.165) is 24.2 Å². The minimum absolute atomic E-state index is 0.0487. The van der Waals surface area contributed by atoms with Crippen molar-refractivity contribution >= 4 is 5.91 Å². The predicted octanol–water partition coefficient (Wildman–Crippen LogP) is 3.41. The Bertz CT molecular complexity index is 631. The van der Waals surface area contributed by atoms with E-state index in [1.807, 2.05) is 43.7 Å². The predicted molar refractivity (Wildman–Crippen MR) is 84.9 cm³/mol. The highest BCUT2D eigenvalue weighted by atomic mass is 16.1. The first-order valence-electron chi connectivity index (χ1n) is 7.45. The zero-order valence-electron chi connectivity index (χ0n) is 13.2. The second kappa shape index (κ2) is 6.57. The molecule has 0 spiro atoms. The summed E-state index contributed by atoms with van der Waals surface area (Å²) in [6.45, 7) is 8.11. The number of nitrogens with zero attached hydrogens (tertiary/aromatic N) is 2. The van der Waals surface area contributed by atoms with Crippen molar-refractivity contribution in [3.05, 3.63) is 47.3 Å². The quantitative estimate of drug-likeness (QED) is 0.915. The van der Waals surface area contributed by atoms with Gasteiger partial charge in [-0.3, -0.25) is 4.79 Å². The van der Waals surface area contributed by atoms with Gasteiger partial charge in [-0.1, -0.05) is 25.5 Å². The van der Waals surface area contributed by atoms with Crippen molar-refractivity contribution in [3.8, 4) is 5.69 Å². The Morgan fingerprint density at radius 2 is 2.14 bits per heavy atom. The standard InChI is InChI=1S/C17H23N3O/c1-5-7-13(3)19-17(21)16-11-18-20(14(16)4)15-9-6-8-12(2)10-15/h6,8-11,13H,5,7H2,1-4H3,(H,19,21)/t13-/m0/s1. The molecule has 0 unspecified atom stereocenters. The molecule has 0 aliphatic carbocycles. The Kier molecular flexibility index (Phi) is 4.78. The van der Waals surface area contributed by atoms with Crippen LogP contribution < -0.4 is 5.32 Å². The maximum atomic E-state index is 12.3. The zero-order valence-corrected chi connectivity index (χ0v) is 13.2. The van der Waals surface area contributed by atoms with E-state index in [0.29, 0.717) is 5.56 Å². The number of carbonyl (C=O) groups excluding carboxylic acids is 1. The molecule has 1 aromatic heterocycles. The van der Waals surface area contributed by atoms with Crippen molar-refractivity contribution in [2.75, 3.05) is 0 Å². The normalized spacial score (nSPS) is 12.2. The number of benzene rings is 1. The van der Waals surface area contributed by atoms with Crippen molar-refractivity contribution in [1.82, 2.24) is 15.1 Å². The van der Waals surface area contributed by atoms with Gasteiger partial charge in [0.1, 0.15) is 0 Å². The highest BCUT2D eigenvalue weighted by Gasteiger charge is 2.16. The Morgan fingerprint density at radius 3 is 2.81 bits per heavy atom. The van der Waals surface area contributed by atoms with Crippen LogP contribution in [-0.4, -0.2) is 21.7 Å². The fourth-order valence-corrected chi connectivity index (χ4v) is 2.46. The summed E-state index contributed by atoms with van der Waals surface area (Å²) in [5.41, 5.74) is 3.65. The fourth-order valence-electron chi connectivity index (χ4n) is 2.46. The van der Waals surface area contributed by atoms with Crippen LogP contribution in [0.15, 0.2) is 30.5 Å². The first-order valence-corrected chi connectivity index (χ1v) is 7.45. The number of aryl methyl sites for hydroxylation is 1. The molecule has 112 valence electrons. The van der Waals surface area contributed by atoms with Crippen molar-refractivity contribution in [2.45, 2.75) is 46.6 Å². The van der Waals surface area contributed by atoms with E-state index in [1.54, 1.807) is 6.20 Å². The summed E-state index contributed by atoms with van der Waals surface area (Å²) in [6, 6.07) is 8.27. The lowest BCUT2D eigenvalue weighted by Gasteiger charge is -2.12. The first-order chi connectivity index (χ1) is 10.0. The largest absolute Gasteiger partial charge is 0.349 e.